The highest BCUT2D eigenvalue weighted by Crippen LogP contribution is 2.18. The van der Waals surface area contributed by atoms with E-state index in [1.165, 1.54) is 0 Å². The summed E-state index contributed by atoms with van der Waals surface area (Å²) < 4.78 is 27.2. The van der Waals surface area contributed by atoms with Crippen LogP contribution in [0.25, 0.3) is 0 Å². The van der Waals surface area contributed by atoms with Crippen LogP contribution in [0.4, 0.5) is 0 Å². The molecule has 106 valence electrons. The SMILES string of the molecule is CCC(O)CNS(=O)(=O)N1CCCC(C(=O)O)C1. The van der Waals surface area contributed by atoms with Crippen molar-refractivity contribution in [2.75, 3.05) is 19.6 Å². The highest BCUT2D eigenvalue weighted by Gasteiger charge is 2.32. The van der Waals surface area contributed by atoms with Crippen LogP contribution in [-0.4, -0.2) is 54.6 Å². The molecular formula is C10H20N2O5S. The Morgan fingerprint density at radius 1 is 1.56 bits per heavy atom. The Balaban J connectivity index is 2.59. The van der Waals surface area contributed by atoms with Crippen molar-refractivity contribution in [3.63, 3.8) is 0 Å². The van der Waals surface area contributed by atoms with Crippen LogP contribution in [0.5, 0.6) is 0 Å². The fraction of sp³-hybridized carbons (Fsp3) is 0.900. The van der Waals surface area contributed by atoms with Gasteiger partial charge in [-0.15, -0.1) is 0 Å². The van der Waals surface area contributed by atoms with Gasteiger partial charge in [-0.1, -0.05) is 6.92 Å². The van der Waals surface area contributed by atoms with Gasteiger partial charge in [-0.2, -0.15) is 17.4 Å². The molecule has 0 bridgehead atoms. The molecule has 3 N–H and O–H groups in total. The number of piperidine rings is 1. The molecular weight excluding hydrogens is 260 g/mol. The van der Waals surface area contributed by atoms with Crippen molar-refractivity contribution in [2.24, 2.45) is 5.92 Å². The van der Waals surface area contributed by atoms with Gasteiger partial charge in [0.15, 0.2) is 0 Å². The summed E-state index contributed by atoms with van der Waals surface area (Å²) in [5, 5.41) is 18.2. The second-order valence-corrected chi connectivity index (χ2v) is 6.21. The van der Waals surface area contributed by atoms with Gasteiger partial charge < -0.3 is 10.2 Å². The number of carboxylic acid groups (broad SMARTS) is 1. The highest BCUT2D eigenvalue weighted by atomic mass is 32.2. The summed E-state index contributed by atoms with van der Waals surface area (Å²) in [6.45, 7) is 2.02. The highest BCUT2D eigenvalue weighted by molar-refractivity contribution is 7.87. The van der Waals surface area contributed by atoms with Crippen molar-refractivity contribution in [2.45, 2.75) is 32.3 Å². The Kier molecular flexibility index (Phi) is 5.51. The standard InChI is InChI=1S/C10H20N2O5S/c1-2-9(13)6-11-18(16,17)12-5-3-4-8(7-12)10(14)15/h8-9,11,13H,2-7H2,1H3,(H,14,15). The lowest BCUT2D eigenvalue weighted by atomic mass is 10.0. The van der Waals surface area contributed by atoms with E-state index in [2.05, 4.69) is 4.72 Å². The van der Waals surface area contributed by atoms with Gasteiger partial charge in [0.05, 0.1) is 12.0 Å². The van der Waals surface area contributed by atoms with Gasteiger partial charge in [-0.25, -0.2) is 0 Å². The molecule has 0 spiro atoms. The van der Waals surface area contributed by atoms with Gasteiger partial charge in [0.1, 0.15) is 0 Å². The van der Waals surface area contributed by atoms with E-state index in [9.17, 15) is 18.3 Å². The molecule has 0 amide bonds. The van der Waals surface area contributed by atoms with Crippen LogP contribution in [0, 0.1) is 5.92 Å². The average molecular weight is 280 g/mol. The maximum Gasteiger partial charge on any atom is 0.307 e. The average Bonchev–Trinajstić information content (AvgIpc) is 2.36. The Morgan fingerprint density at radius 2 is 2.22 bits per heavy atom. The Bertz CT molecular complexity index is 384. The van der Waals surface area contributed by atoms with E-state index in [1.807, 2.05) is 0 Å². The molecule has 0 radical (unpaired) electrons. The summed E-state index contributed by atoms with van der Waals surface area (Å²) in [6.07, 6.45) is 0.771. The predicted octanol–water partition coefficient (Wildman–Crippen LogP) is -0.612. The van der Waals surface area contributed by atoms with Gasteiger partial charge in [0.2, 0.25) is 0 Å². The summed E-state index contributed by atoms with van der Waals surface area (Å²) in [6, 6.07) is 0. The minimum Gasteiger partial charge on any atom is -0.481 e. The van der Waals surface area contributed by atoms with E-state index in [1.54, 1.807) is 6.92 Å². The van der Waals surface area contributed by atoms with Crippen LogP contribution >= 0.6 is 0 Å². The number of nitrogens with zero attached hydrogens (tertiary/aromatic N) is 1. The smallest absolute Gasteiger partial charge is 0.307 e. The lowest BCUT2D eigenvalue weighted by Gasteiger charge is -2.30. The molecule has 1 aliphatic heterocycles. The first-order valence-electron chi connectivity index (χ1n) is 6.02. The monoisotopic (exact) mass is 280 g/mol. The number of nitrogens with one attached hydrogen (secondary N) is 1. The normalized spacial score (nSPS) is 23.8. The second-order valence-electron chi connectivity index (χ2n) is 4.45. The summed E-state index contributed by atoms with van der Waals surface area (Å²) in [5.41, 5.74) is 0. The van der Waals surface area contributed by atoms with E-state index in [-0.39, 0.29) is 13.1 Å². The quantitative estimate of drug-likeness (QED) is 0.601. The molecule has 2 unspecified atom stereocenters. The first-order valence-corrected chi connectivity index (χ1v) is 7.46. The van der Waals surface area contributed by atoms with Gasteiger partial charge >= 0.3 is 5.97 Å². The maximum atomic E-state index is 11.9. The van der Waals surface area contributed by atoms with Crippen molar-refractivity contribution < 1.29 is 23.4 Å². The Hall–Kier alpha value is -0.700. The molecule has 1 rings (SSSR count). The van der Waals surface area contributed by atoms with Crippen LogP contribution < -0.4 is 4.72 Å². The fourth-order valence-electron chi connectivity index (χ4n) is 1.80. The molecule has 18 heavy (non-hydrogen) atoms. The Morgan fingerprint density at radius 3 is 2.78 bits per heavy atom. The molecule has 1 fully saturated rings. The van der Waals surface area contributed by atoms with Crippen LogP contribution in [0.2, 0.25) is 0 Å². The van der Waals surface area contributed by atoms with E-state index >= 15 is 0 Å². The largest absolute Gasteiger partial charge is 0.481 e. The first kappa shape index (κ1) is 15.4. The molecule has 0 aromatic carbocycles. The molecule has 1 heterocycles. The zero-order valence-corrected chi connectivity index (χ0v) is 11.2. The van der Waals surface area contributed by atoms with Crippen molar-refractivity contribution in [1.29, 1.82) is 0 Å². The van der Waals surface area contributed by atoms with Crippen LogP contribution in [0.1, 0.15) is 26.2 Å². The minimum atomic E-state index is -3.69. The number of aliphatic hydroxyl groups excluding tert-OH is 1. The molecule has 0 aromatic rings. The molecule has 2 atom stereocenters. The van der Waals surface area contributed by atoms with E-state index in [0.29, 0.717) is 25.8 Å². The zero-order chi connectivity index (χ0) is 13.8. The first-order chi connectivity index (χ1) is 8.36. The lowest BCUT2D eigenvalue weighted by molar-refractivity contribution is -0.142. The summed E-state index contributed by atoms with van der Waals surface area (Å²) in [5.74, 6) is -1.62. The summed E-state index contributed by atoms with van der Waals surface area (Å²) in [4.78, 5) is 10.9. The van der Waals surface area contributed by atoms with Crippen LogP contribution in [-0.2, 0) is 15.0 Å². The van der Waals surface area contributed by atoms with Crippen LogP contribution in [0.15, 0.2) is 0 Å². The molecule has 8 heteroatoms. The molecule has 0 aliphatic carbocycles. The number of carboxylic acids is 1. The topological polar surface area (TPSA) is 107 Å². The molecule has 7 nitrogen and oxygen atoms in total. The number of aliphatic carboxylic acids is 1. The van der Waals surface area contributed by atoms with Gasteiger partial charge in [-0.3, -0.25) is 4.79 Å². The van der Waals surface area contributed by atoms with Gasteiger partial charge in [0.25, 0.3) is 10.2 Å². The maximum absolute atomic E-state index is 11.9. The van der Waals surface area contributed by atoms with Crippen molar-refractivity contribution in [3.8, 4) is 0 Å². The predicted molar refractivity (Wildman–Crippen MR) is 65.2 cm³/mol. The van der Waals surface area contributed by atoms with Crippen LogP contribution in [0.3, 0.4) is 0 Å². The van der Waals surface area contributed by atoms with Crippen molar-refractivity contribution in [3.05, 3.63) is 0 Å². The number of hydrogen-bond acceptors (Lipinski definition) is 4. The third-order valence-corrected chi connectivity index (χ3v) is 4.59. The van der Waals surface area contributed by atoms with Crippen molar-refractivity contribution in [1.82, 2.24) is 9.03 Å². The molecule has 1 aliphatic rings. The second kappa shape index (κ2) is 6.46. The van der Waals surface area contributed by atoms with E-state index in [4.69, 9.17) is 5.11 Å². The lowest BCUT2D eigenvalue weighted by Crippen LogP contribution is -2.48. The van der Waals surface area contributed by atoms with Gasteiger partial charge in [-0.05, 0) is 19.3 Å². The van der Waals surface area contributed by atoms with E-state index < -0.39 is 28.2 Å². The Labute approximate surface area is 107 Å². The van der Waals surface area contributed by atoms with Crippen molar-refractivity contribution >= 4 is 16.2 Å². The zero-order valence-electron chi connectivity index (χ0n) is 10.4. The van der Waals surface area contributed by atoms with E-state index in [0.717, 1.165) is 4.31 Å². The van der Waals surface area contributed by atoms with Gasteiger partial charge in [0, 0.05) is 19.6 Å². The minimum absolute atomic E-state index is 0.00706. The number of rotatable bonds is 6. The number of carbonyl (C=O) groups is 1. The molecule has 1 saturated heterocycles. The molecule has 0 saturated carbocycles. The summed E-state index contributed by atoms with van der Waals surface area (Å²) in [7, 11) is -3.69. The third kappa shape index (κ3) is 4.20. The number of aliphatic hydroxyl groups is 1. The summed E-state index contributed by atoms with van der Waals surface area (Å²) >= 11 is 0. The fourth-order valence-corrected chi connectivity index (χ4v) is 3.13. The third-order valence-electron chi connectivity index (χ3n) is 3.05. The molecule has 0 aromatic heterocycles. The number of hydrogen-bond donors (Lipinski definition) is 3.